The van der Waals surface area contributed by atoms with E-state index in [2.05, 4.69) is 11.9 Å². The van der Waals surface area contributed by atoms with Gasteiger partial charge in [0.25, 0.3) is 0 Å². The summed E-state index contributed by atoms with van der Waals surface area (Å²) in [6.07, 6.45) is -5.47. The zero-order valence-electron chi connectivity index (χ0n) is 10.1. The van der Waals surface area contributed by atoms with Gasteiger partial charge in [-0.3, -0.25) is 10.5 Å². The fourth-order valence-corrected chi connectivity index (χ4v) is 1.09. The lowest BCUT2D eigenvalue weighted by molar-refractivity contribution is -0.156. The Hall–Kier alpha value is -1.03. The summed E-state index contributed by atoms with van der Waals surface area (Å²) in [6.45, 7) is 3.42. The lowest BCUT2D eigenvalue weighted by Gasteiger charge is -2.33. The van der Waals surface area contributed by atoms with Crippen LogP contribution in [0.2, 0.25) is 0 Å². The van der Waals surface area contributed by atoms with Gasteiger partial charge in [0, 0.05) is 5.57 Å². The number of nitrogens with two attached hydrogens (primary N) is 1. The minimum Gasteiger partial charge on any atom is -0.394 e. The number of nitrogens with one attached hydrogen (secondary N) is 1. The minimum atomic E-state index is -2.36. The Labute approximate surface area is 104 Å². The molecule has 0 rings (SSSR count). The van der Waals surface area contributed by atoms with Gasteiger partial charge in [0.15, 0.2) is 5.72 Å². The van der Waals surface area contributed by atoms with Gasteiger partial charge in [0.1, 0.15) is 18.3 Å². The van der Waals surface area contributed by atoms with Gasteiger partial charge in [0.2, 0.25) is 5.91 Å². The smallest absolute Gasteiger partial charge is 0.246 e. The first kappa shape index (κ1) is 17.0. The average molecular weight is 264 g/mol. The van der Waals surface area contributed by atoms with Gasteiger partial charge < -0.3 is 30.8 Å². The number of rotatable bonds is 7. The van der Waals surface area contributed by atoms with Crippen LogP contribution in [-0.2, 0) is 4.79 Å². The molecule has 1 amide bonds. The van der Waals surface area contributed by atoms with Crippen molar-refractivity contribution < 1.29 is 30.3 Å². The molecular weight excluding hydrogens is 244 g/mol. The molecule has 0 aromatic carbocycles. The zero-order chi connectivity index (χ0) is 14.5. The predicted molar refractivity (Wildman–Crippen MR) is 62.1 cm³/mol. The van der Waals surface area contributed by atoms with E-state index in [9.17, 15) is 20.1 Å². The van der Waals surface area contributed by atoms with Crippen LogP contribution in [0, 0.1) is 0 Å². The van der Waals surface area contributed by atoms with Crippen LogP contribution in [-0.4, -0.2) is 68.6 Å². The second-order valence-corrected chi connectivity index (χ2v) is 4.14. The molecule has 0 heterocycles. The lowest BCUT2D eigenvalue weighted by atomic mass is 9.98. The molecule has 0 aromatic rings. The van der Waals surface area contributed by atoms with E-state index in [1.54, 1.807) is 0 Å². The highest BCUT2D eigenvalue weighted by Crippen LogP contribution is 2.10. The van der Waals surface area contributed by atoms with E-state index in [0.717, 1.165) is 0 Å². The standard InChI is InChI=1S/C10H20N2O6/c1-5(2)9(17)12-4-10(11,18)8(16)7(15)6(14)3-13/h6-8,13-16,18H,1,3-4,11H2,2H3,(H,12,17)/t6-,7-,8+,10-/m1/s1. The van der Waals surface area contributed by atoms with Gasteiger partial charge in [-0.05, 0) is 6.92 Å². The molecule has 0 aliphatic rings. The Morgan fingerprint density at radius 2 is 1.94 bits per heavy atom. The summed E-state index contributed by atoms with van der Waals surface area (Å²) in [4.78, 5) is 11.2. The molecule has 8 N–H and O–H groups in total. The van der Waals surface area contributed by atoms with E-state index < -0.39 is 43.1 Å². The molecule has 0 bridgehead atoms. The van der Waals surface area contributed by atoms with Crippen molar-refractivity contribution in [1.29, 1.82) is 0 Å². The first-order valence-corrected chi connectivity index (χ1v) is 5.23. The first-order chi connectivity index (χ1) is 8.13. The largest absolute Gasteiger partial charge is 0.394 e. The molecule has 0 saturated heterocycles. The number of carbonyl (C=O) groups excluding carboxylic acids is 1. The third-order valence-electron chi connectivity index (χ3n) is 2.34. The molecule has 0 aliphatic carbocycles. The van der Waals surface area contributed by atoms with E-state index in [-0.39, 0.29) is 5.57 Å². The van der Waals surface area contributed by atoms with E-state index >= 15 is 0 Å². The van der Waals surface area contributed by atoms with Gasteiger partial charge in [0.05, 0.1) is 13.2 Å². The third kappa shape index (κ3) is 4.69. The highest BCUT2D eigenvalue weighted by molar-refractivity contribution is 5.92. The minimum absolute atomic E-state index is 0.177. The maximum Gasteiger partial charge on any atom is 0.246 e. The molecule has 8 heteroatoms. The molecular formula is C10H20N2O6. The summed E-state index contributed by atoms with van der Waals surface area (Å²) in [5.74, 6) is -0.580. The Bertz CT molecular complexity index is 307. The zero-order valence-corrected chi connectivity index (χ0v) is 10.1. The van der Waals surface area contributed by atoms with Gasteiger partial charge in [-0.25, -0.2) is 0 Å². The molecule has 4 atom stereocenters. The van der Waals surface area contributed by atoms with Crippen LogP contribution >= 0.6 is 0 Å². The van der Waals surface area contributed by atoms with Crippen molar-refractivity contribution in [2.45, 2.75) is 31.0 Å². The molecule has 0 saturated carbocycles. The highest BCUT2D eigenvalue weighted by Gasteiger charge is 2.39. The van der Waals surface area contributed by atoms with Crippen molar-refractivity contribution in [1.82, 2.24) is 5.32 Å². The van der Waals surface area contributed by atoms with Crippen LogP contribution in [0.15, 0.2) is 12.2 Å². The van der Waals surface area contributed by atoms with E-state index in [4.69, 9.17) is 15.9 Å². The van der Waals surface area contributed by atoms with Crippen LogP contribution in [0.4, 0.5) is 0 Å². The normalized spacial score (nSPS) is 19.5. The summed E-state index contributed by atoms with van der Waals surface area (Å²) in [5, 5.41) is 48.4. The topological polar surface area (TPSA) is 156 Å². The van der Waals surface area contributed by atoms with Gasteiger partial charge in [-0.2, -0.15) is 0 Å². The molecule has 0 aliphatic heterocycles. The van der Waals surface area contributed by atoms with Crippen molar-refractivity contribution >= 4 is 5.91 Å². The SMILES string of the molecule is C=C(C)C(=O)NC[C@@](N)(O)[C@@H](O)[C@H](O)[C@H](O)CO. The van der Waals surface area contributed by atoms with Crippen molar-refractivity contribution in [2.24, 2.45) is 5.73 Å². The van der Waals surface area contributed by atoms with Crippen molar-refractivity contribution in [3.8, 4) is 0 Å². The Morgan fingerprint density at radius 1 is 1.44 bits per heavy atom. The monoisotopic (exact) mass is 264 g/mol. The van der Waals surface area contributed by atoms with Crippen LogP contribution in [0.1, 0.15) is 6.92 Å². The van der Waals surface area contributed by atoms with Crippen LogP contribution in [0.5, 0.6) is 0 Å². The second kappa shape index (κ2) is 6.78. The summed E-state index contributed by atoms with van der Waals surface area (Å²) >= 11 is 0. The maximum absolute atomic E-state index is 11.2. The molecule has 0 spiro atoms. The molecule has 0 fully saturated rings. The van der Waals surface area contributed by atoms with Crippen LogP contribution in [0.3, 0.4) is 0 Å². The van der Waals surface area contributed by atoms with Crippen LogP contribution < -0.4 is 11.1 Å². The molecule has 106 valence electrons. The summed E-state index contributed by atoms with van der Waals surface area (Å²) < 4.78 is 0. The number of carbonyl (C=O) groups is 1. The molecule has 18 heavy (non-hydrogen) atoms. The lowest BCUT2D eigenvalue weighted by Crippen LogP contribution is -2.63. The molecule has 0 aromatic heterocycles. The second-order valence-electron chi connectivity index (χ2n) is 4.14. The van der Waals surface area contributed by atoms with Crippen molar-refractivity contribution in [2.75, 3.05) is 13.2 Å². The predicted octanol–water partition coefficient (Wildman–Crippen LogP) is -3.60. The van der Waals surface area contributed by atoms with Crippen molar-refractivity contribution in [3.63, 3.8) is 0 Å². The van der Waals surface area contributed by atoms with Crippen LogP contribution in [0.25, 0.3) is 0 Å². The number of hydrogen-bond donors (Lipinski definition) is 7. The number of aliphatic hydroxyl groups excluding tert-OH is 4. The van der Waals surface area contributed by atoms with Gasteiger partial charge >= 0.3 is 0 Å². The Morgan fingerprint density at radius 3 is 2.33 bits per heavy atom. The summed E-state index contributed by atoms with van der Waals surface area (Å²) in [7, 11) is 0. The highest BCUT2D eigenvalue weighted by atomic mass is 16.4. The molecule has 8 nitrogen and oxygen atoms in total. The van der Waals surface area contributed by atoms with Gasteiger partial charge in [-0.1, -0.05) is 6.58 Å². The quantitative estimate of drug-likeness (QED) is 0.185. The number of hydrogen-bond acceptors (Lipinski definition) is 7. The maximum atomic E-state index is 11.2. The fourth-order valence-electron chi connectivity index (χ4n) is 1.09. The number of amides is 1. The Balaban J connectivity index is 4.52. The fraction of sp³-hybridized carbons (Fsp3) is 0.700. The van der Waals surface area contributed by atoms with E-state index in [1.807, 2.05) is 0 Å². The number of aliphatic hydroxyl groups is 5. The molecule has 0 radical (unpaired) electrons. The van der Waals surface area contributed by atoms with E-state index in [0.29, 0.717) is 0 Å². The van der Waals surface area contributed by atoms with Crippen molar-refractivity contribution in [3.05, 3.63) is 12.2 Å². The van der Waals surface area contributed by atoms with E-state index in [1.165, 1.54) is 6.92 Å². The van der Waals surface area contributed by atoms with Gasteiger partial charge in [-0.15, -0.1) is 0 Å². The average Bonchev–Trinajstić information content (AvgIpc) is 2.32. The third-order valence-corrected chi connectivity index (χ3v) is 2.34. The summed E-state index contributed by atoms with van der Waals surface area (Å²) in [5.41, 5.74) is 3.13. The molecule has 0 unspecified atom stereocenters. The Kier molecular flexibility index (Phi) is 6.39. The first-order valence-electron chi connectivity index (χ1n) is 5.23. The summed E-state index contributed by atoms with van der Waals surface area (Å²) in [6, 6.07) is 0.